The van der Waals surface area contributed by atoms with E-state index in [0.29, 0.717) is 0 Å². The summed E-state index contributed by atoms with van der Waals surface area (Å²) in [4.78, 5) is 13.8. The maximum absolute atomic E-state index is 11.9. The molecule has 0 saturated heterocycles. The predicted octanol–water partition coefficient (Wildman–Crippen LogP) is 0.615. The molecular weight excluding hydrogens is 241 g/mol. The second-order valence-electron chi connectivity index (χ2n) is 3.38. The summed E-state index contributed by atoms with van der Waals surface area (Å²) in [5, 5.41) is 0. The van der Waals surface area contributed by atoms with Crippen LogP contribution >= 0.6 is 0 Å². The van der Waals surface area contributed by atoms with E-state index >= 15 is 0 Å². The molecule has 2 rings (SSSR count). The van der Waals surface area contributed by atoms with Crippen molar-refractivity contribution in [3.05, 3.63) is 40.5 Å². The summed E-state index contributed by atoms with van der Waals surface area (Å²) in [5.74, 6) is 0.203. The van der Waals surface area contributed by atoms with Crippen LogP contribution in [0.25, 0.3) is 0 Å². The van der Waals surface area contributed by atoms with E-state index in [1.165, 1.54) is 4.46 Å². The summed E-state index contributed by atoms with van der Waals surface area (Å²) in [5.41, 5.74) is 0.889. The molecule has 3 heteroatoms. The third kappa shape index (κ3) is 1.61. The quantitative estimate of drug-likeness (QED) is 0.539. The Morgan fingerprint density at radius 3 is 2.64 bits per heavy atom. The van der Waals surface area contributed by atoms with Crippen molar-refractivity contribution in [2.45, 2.75) is 0 Å². The fourth-order valence-corrected chi connectivity index (χ4v) is 3.71. The molecule has 14 heavy (non-hydrogen) atoms. The van der Waals surface area contributed by atoms with Gasteiger partial charge in [0.15, 0.2) is 0 Å². The van der Waals surface area contributed by atoms with Gasteiger partial charge in [0.1, 0.15) is 0 Å². The Balaban J connectivity index is 2.39. The summed E-state index contributed by atoms with van der Waals surface area (Å²) >= 11 is 0.192. The first-order valence-corrected chi connectivity index (χ1v) is 6.09. The number of carbonyl (C=O) groups is 1. The van der Waals surface area contributed by atoms with Crippen LogP contribution in [0.1, 0.15) is 10.4 Å². The van der Waals surface area contributed by atoms with Gasteiger partial charge in [0, 0.05) is 0 Å². The van der Waals surface area contributed by atoms with Crippen LogP contribution < -0.4 is 4.46 Å². The number of carbonyl (C=O) groups excluding carboxylic acids is 1. The molecule has 1 aromatic rings. The van der Waals surface area contributed by atoms with Crippen molar-refractivity contribution in [1.82, 2.24) is 4.90 Å². The molecule has 1 aromatic carbocycles. The number of allylic oxidation sites excluding steroid dienone is 1. The summed E-state index contributed by atoms with van der Waals surface area (Å²) in [6.45, 7) is 0. The van der Waals surface area contributed by atoms with Crippen LogP contribution in [0.2, 0.25) is 0 Å². The number of benzene rings is 1. The monoisotopic (exact) mass is 253 g/mol. The summed E-state index contributed by atoms with van der Waals surface area (Å²) in [7, 11) is 3.89. The van der Waals surface area contributed by atoms with Gasteiger partial charge in [-0.05, 0) is 0 Å². The molecule has 0 aromatic heterocycles. The minimum absolute atomic E-state index is 0.192. The molecule has 0 saturated carbocycles. The van der Waals surface area contributed by atoms with E-state index in [1.807, 2.05) is 49.5 Å². The van der Waals surface area contributed by atoms with Gasteiger partial charge in [0.25, 0.3) is 0 Å². The van der Waals surface area contributed by atoms with Crippen molar-refractivity contribution in [2.75, 3.05) is 14.1 Å². The molecule has 0 fully saturated rings. The van der Waals surface area contributed by atoms with E-state index in [4.69, 9.17) is 0 Å². The summed E-state index contributed by atoms with van der Waals surface area (Å²) in [6.07, 6.45) is 1.93. The van der Waals surface area contributed by atoms with Crippen molar-refractivity contribution < 1.29 is 4.79 Å². The SMILES string of the molecule is CN(C)/C=C1/[Se]c2ccccc2C1=O. The minimum atomic E-state index is 0.192. The van der Waals surface area contributed by atoms with Crippen molar-refractivity contribution in [3.63, 3.8) is 0 Å². The van der Waals surface area contributed by atoms with Gasteiger partial charge >= 0.3 is 89.5 Å². The van der Waals surface area contributed by atoms with E-state index in [-0.39, 0.29) is 20.7 Å². The first-order chi connectivity index (χ1) is 6.68. The van der Waals surface area contributed by atoms with E-state index in [0.717, 1.165) is 10.0 Å². The molecular formula is C11H11NOSe. The molecule has 0 spiro atoms. The number of fused-ring (bicyclic) bond motifs is 1. The standard InChI is InChI=1S/C11H11NOSe/c1-12(2)7-10-11(13)8-5-3-4-6-9(8)14-10/h3-7H,1-2H3/b10-7+. The Morgan fingerprint density at radius 2 is 2.00 bits per heavy atom. The van der Waals surface area contributed by atoms with Crippen LogP contribution in [0.15, 0.2) is 34.9 Å². The van der Waals surface area contributed by atoms with Crippen LogP contribution in [-0.2, 0) is 0 Å². The second-order valence-corrected chi connectivity index (χ2v) is 5.66. The Hall–Kier alpha value is -1.05. The van der Waals surface area contributed by atoms with E-state index in [9.17, 15) is 4.79 Å². The average Bonchev–Trinajstić information content (AvgIpc) is 2.44. The molecule has 2 nitrogen and oxygen atoms in total. The van der Waals surface area contributed by atoms with E-state index in [1.54, 1.807) is 0 Å². The van der Waals surface area contributed by atoms with Crippen molar-refractivity contribution in [3.8, 4) is 0 Å². The van der Waals surface area contributed by atoms with Gasteiger partial charge in [0.05, 0.1) is 0 Å². The van der Waals surface area contributed by atoms with Crippen LogP contribution in [0.3, 0.4) is 0 Å². The van der Waals surface area contributed by atoms with Crippen molar-refractivity contribution in [2.24, 2.45) is 0 Å². The van der Waals surface area contributed by atoms with Crippen LogP contribution in [0, 0.1) is 0 Å². The van der Waals surface area contributed by atoms with Gasteiger partial charge in [-0.2, -0.15) is 0 Å². The van der Waals surface area contributed by atoms with Crippen LogP contribution in [-0.4, -0.2) is 39.7 Å². The molecule has 0 amide bonds. The number of ketones is 1. The van der Waals surface area contributed by atoms with Crippen molar-refractivity contribution >= 4 is 25.2 Å². The predicted molar refractivity (Wildman–Crippen MR) is 57.9 cm³/mol. The Kier molecular flexibility index (Phi) is 2.44. The molecule has 0 aliphatic carbocycles. The van der Waals surface area contributed by atoms with Gasteiger partial charge < -0.3 is 0 Å². The Labute approximate surface area is 89.8 Å². The van der Waals surface area contributed by atoms with Crippen LogP contribution in [0.5, 0.6) is 0 Å². The summed E-state index contributed by atoms with van der Waals surface area (Å²) < 4.78 is 2.15. The third-order valence-electron chi connectivity index (χ3n) is 1.95. The molecule has 0 bridgehead atoms. The van der Waals surface area contributed by atoms with Gasteiger partial charge in [-0.1, -0.05) is 0 Å². The number of rotatable bonds is 1. The Bertz CT molecular complexity index is 410. The fourth-order valence-electron chi connectivity index (χ4n) is 1.36. The van der Waals surface area contributed by atoms with Gasteiger partial charge in [-0.3, -0.25) is 0 Å². The van der Waals surface area contributed by atoms with Crippen LogP contribution in [0.4, 0.5) is 0 Å². The fraction of sp³-hybridized carbons (Fsp3) is 0.182. The molecule has 0 radical (unpaired) electrons. The zero-order valence-corrected chi connectivity index (χ0v) is 9.86. The summed E-state index contributed by atoms with van der Waals surface area (Å²) in [6, 6.07) is 7.87. The van der Waals surface area contributed by atoms with Gasteiger partial charge in [-0.25, -0.2) is 0 Å². The molecule has 0 atom stereocenters. The average molecular weight is 252 g/mol. The molecule has 1 heterocycles. The zero-order chi connectivity index (χ0) is 10.1. The number of hydrogen-bond acceptors (Lipinski definition) is 2. The van der Waals surface area contributed by atoms with Crippen molar-refractivity contribution in [1.29, 1.82) is 0 Å². The molecule has 0 N–H and O–H groups in total. The third-order valence-corrected chi connectivity index (χ3v) is 4.23. The topological polar surface area (TPSA) is 20.3 Å². The van der Waals surface area contributed by atoms with Gasteiger partial charge in [0.2, 0.25) is 0 Å². The second kappa shape index (κ2) is 3.60. The first-order valence-electron chi connectivity index (χ1n) is 4.38. The normalized spacial score (nSPS) is 17.3. The van der Waals surface area contributed by atoms with Gasteiger partial charge in [-0.15, -0.1) is 0 Å². The molecule has 1 aliphatic heterocycles. The molecule has 72 valence electrons. The maximum atomic E-state index is 11.9. The number of hydrogen-bond donors (Lipinski definition) is 0. The molecule has 1 aliphatic rings. The Morgan fingerprint density at radius 1 is 1.29 bits per heavy atom. The number of Topliss-reactive ketones (excluding diaryl/α,β-unsaturated/α-hetero) is 1. The first kappa shape index (κ1) is 9.50. The van der Waals surface area contributed by atoms with E-state index in [2.05, 4.69) is 0 Å². The number of nitrogens with zero attached hydrogens (tertiary/aromatic N) is 1. The zero-order valence-electron chi connectivity index (χ0n) is 8.15. The van der Waals surface area contributed by atoms with E-state index < -0.39 is 0 Å². The molecule has 0 unspecified atom stereocenters.